The molecule has 0 heterocycles. The molecule has 0 saturated carbocycles. The number of halogens is 3. The standard InChI is InChI=1S/C7H3Br2ClO2/c8-3-1-4(7(11)12)6(9)5(10)2-3/h1-2H,(H,11,12). The molecule has 0 saturated heterocycles. The van der Waals surface area contributed by atoms with Crippen molar-refractivity contribution in [1.82, 2.24) is 0 Å². The topological polar surface area (TPSA) is 37.3 Å². The Morgan fingerprint density at radius 2 is 2.00 bits per heavy atom. The molecule has 0 unspecified atom stereocenters. The van der Waals surface area contributed by atoms with Crippen LogP contribution in [0.5, 0.6) is 0 Å². The molecule has 1 N–H and O–H groups in total. The van der Waals surface area contributed by atoms with E-state index in [-0.39, 0.29) is 5.56 Å². The highest BCUT2D eigenvalue weighted by atomic mass is 79.9. The van der Waals surface area contributed by atoms with Crippen molar-refractivity contribution in [2.24, 2.45) is 0 Å². The third kappa shape index (κ3) is 2.00. The van der Waals surface area contributed by atoms with Gasteiger partial charge in [0.05, 0.1) is 15.1 Å². The minimum Gasteiger partial charge on any atom is -0.478 e. The summed E-state index contributed by atoms with van der Waals surface area (Å²) >= 11 is 12.0. The van der Waals surface area contributed by atoms with Crippen molar-refractivity contribution in [3.63, 3.8) is 0 Å². The van der Waals surface area contributed by atoms with E-state index in [9.17, 15) is 4.79 Å². The van der Waals surface area contributed by atoms with E-state index in [4.69, 9.17) is 16.7 Å². The number of benzene rings is 1. The second-order valence-corrected chi connectivity index (χ2v) is 4.17. The van der Waals surface area contributed by atoms with Crippen molar-refractivity contribution in [3.05, 3.63) is 31.7 Å². The second kappa shape index (κ2) is 3.77. The molecule has 0 aliphatic carbocycles. The van der Waals surface area contributed by atoms with Gasteiger partial charge in [0.15, 0.2) is 0 Å². The lowest BCUT2D eigenvalue weighted by Crippen LogP contribution is -1.97. The lowest BCUT2D eigenvalue weighted by atomic mass is 10.2. The van der Waals surface area contributed by atoms with Crippen LogP contribution in [0, 0.1) is 0 Å². The van der Waals surface area contributed by atoms with E-state index in [1.165, 1.54) is 6.07 Å². The Hall–Kier alpha value is -0.0600. The van der Waals surface area contributed by atoms with Crippen LogP contribution in [0.4, 0.5) is 0 Å². The number of carboxylic acid groups (broad SMARTS) is 1. The number of carboxylic acids is 1. The average Bonchev–Trinajstić information content (AvgIpc) is 1.96. The van der Waals surface area contributed by atoms with Gasteiger partial charge in [-0.25, -0.2) is 4.79 Å². The van der Waals surface area contributed by atoms with Gasteiger partial charge in [-0.2, -0.15) is 0 Å². The van der Waals surface area contributed by atoms with E-state index in [1.54, 1.807) is 6.07 Å². The van der Waals surface area contributed by atoms with Crippen molar-refractivity contribution < 1.29 is 9.90 Å². The van der Waals surface area contributed by atoms with Gasteiger partial charge in [-0.05, 0) is 28.1 Å². The van der Waals surface area contributed by atoms with Crippen molar-refractivity contribution in [1.29, 1.82) is 0 Å². The molecule has 0 fully saturated rings. The van der Waals surface area contributed by atoms with Crippen LogP contribution >= 0.6 is 43.5 Å². The third-order valence-corrected chi connectivity index (χ3v) is 3.06. The van der Waals surface area contributed by atoms with Gasteiger partial charge in [-0.1, -0.05) is 27.5 Å². The molecule has 0 aromatic heterocycles. The van der Waals surface area contributed by atoms with E-state index >= 15 is 0 Å². The predicted octanol–water partition coefficient (Wildman–Crippen LogP) is 3.56. The molecule has 0 aliphatic rings. The Morgan fingerprint density at radius 1 is 1.42 bits per heavy atom. The molecular formula is C7H3Br2ClO2. The van der Waals surface area contributed by atoms with Gasteiger partial charge in [-0.3, -0.25) is 0 Å². The normalized spacial score (nSPS) is 9.92. The minimum atomic E-state index is -1.01. The summed E-state index contributed by atoms with van der Waals surface area (Å²) in [6.07, 6.45) is 0. The Bertz CT molecular complexity index is 338. The molecule has 12 heavy (non-hydrogen) atoms. The summed E-state index contributed by atoms with van der Waals surface area (Å²) in [5.74, 6) is -1.01. The first-order chi connectivity index (χ1) is 5.52. The third-order valence-electron chi connectivity index (χ3n) is 1.22. The highest BCUT2D eigenvalue weighted by Crippen LogP contribution is 2.30. The SMILES string of the molecule is O=C(O)c1cc(Br)cc(Cl)c1Br. The maximum atomic E-state index is 10.6. The molecule has 0 aliphatic heterocycles. The van der Waals surface area contributed by atoms with Crippen LogP contribution in [0.15, 0.2) is 21.1 Å². The molecule has 1 aromatic carbocycles. The first kappa shape index (κ1) is 10.0. The smallest absolute Gasteiger partial charge is 0.336 e. The van der Waals surface area contributed by atoms with Crippen molar-refractivity contribution in [3.8, 4) is 0 Å². The van der Waals surface area contributed by atoms with Gasteiger partial charge in [-0.15, -0.1) is 0 Å². The fourth-order valence-corrected chi connectivity index (χ4v) is 1.92. The van der Waals surface area contributed by atoms with Gasteiger partial charge in [0.25, 0.3) is 0 Å². The molecule has 64 valence electrons. The quantitative estimate of drug-likeness (QED) is 0.805. The minimum absolute atomic E-state index is 0.148. The van der Waals surface area contributed by atoms with Gasteiger partial charge in [0, 0.05) is 4.47 Å². The molecule has 0 atom stereocenters. The number of carbonyl (C=O) groups is 1. The molecule has 1 aromatic rings. The van der Waals surface area contributed by atoms with Crippen LogP contribution in [-0.2, 0) is 0 Å². The predicted molar refractivity (Wildman–Crippen MR) is 53.8 cm³/mol. The number of hydrogen-bond donors (Lipinski definition) is 1. The zero-order chi connectivity index (χ0) is 9.30. The molecule has 0 amide bonds. The average molecular weight is 314 g/mol. The first-order valence-electron chi connectivity index (χ1n) is 2.90. The first-order valence-corrected chi connectivity index (χ1v) is 4.86. The van der Waals surface area contributed by atoms with Gasteiger partial charge in [0.1, 0.15) is 0 Å². The lowest BCUT2D eigenvalue weighted by Gasteiger charge is -2.01. The van der Waals surface area contributed by atoms with Crippen LogP contribution in [0.3, 0.4) is 0 Å². The van der Waals surface area contributed by atoms with Crippen LogP contribution < -0.4 is 0 Å². The fraction of sp³-hybridized carbons (Fsp3) is 0. The molecule has 0 radical (unpaired) electrons. The summed E-state index contributed by atoms with van der Waals surface area (Å²) < 4.78 is 1.05. The van der Waals surface area contributed by atoms with E-state index in [2.05, 4.69) is 31.9 Å². The van der Waals surface area contributed by atoms with E-state index in [1.807, 2.05) is 0 Å². The van der Waals surface area contributed by atoms with Crippen LogP contribution in [-0.4, -0.2) is 11.1 Å². The largest absolute Gasteiger partial charge is 0.478 e. The Balaban J connectivity index is 3.37. The van der Waals surface area contributed by atoms with Gasteiger partial charge < -0.3 is 5.11 Å². The second-order valence-electron chi connectivity index (χ2n) is 2.05. The van der Waals surface area contributed by atoms with E-state index in [0.29, 0.717) is 14.0 Å². The number of aromatic carboxylic acids is 1. The van der Waals surface area contributed by atoms with Crippen molar-refractivity contribution in [2.75, 3.05) is 0 Å². The van der Waals surface area contributed by atoms with Crippen LogP contribution in [0.25, 0.3) is 0 Å². The molecule has 0 spiro atoms. The Labute approximate surface area is 90.8 Å². The molecular weight excluding hydrogens is 311 g/mol. The van der Waals surface area contributed by atoms with E-state index < -0.39 is 5.97 Å². The molecule has 5 heteroatoms. The van der Waals surface area contributed by atoms with Gasteiger partial charge in [0.2, 0.25) is 0 Å². The number of rotatable bonds is 1. The summed E-state index contributed by atoms with van der Waals surface area (Å²) in [5.41, 5.74) is 0.148. The summed E-state index contributed by atoms with van der Waals surface area (Å²) in [4.78, 5) is 10.6. The van der Waals surface area contributed by atoms with Crippen LogP contribution in [0.1, 0.15) is 10.4 Å². The highest BCUT2D eigenvalue weighted by Gasteiger charge is 2.11. The molecule has 1 rings (SSSR count). The zero-order valence-corrected chi connectivity index (χ0v) is 9.57. The lowest BCUT2D eigenvalue weighted by molar-refractivity contribution is 0.0696. The zero-order valence-electron chi connectivity index (χ0n) is 5.64. The number of hydrogen-bond acceptors (Lipinski definition) is 1. The monoisotopic (exact) mass is 312 g/mol. The Morgan fingerprint density at radius 3 is 2.50 bits per heavy atom. The summed E-state index contributed by atoms with van der Waals surface area (Å²) in [5, 5.41) is 9.08. The summed E-state index contributed by atoms with van der Waals surface area (Å²) in [6, 6.07) is 3.11. The molecule has 2 nitrogen and oxygen atoms in total. The van der Waals surface area contributed by atoms with Crippen molar-refractivity contribution >= 4 is 49.4 Å². The summed E-state index contributed by atoms with van der Waals surface area (Å²) in [7, 11) is 0. The van der Waals surface area contributed by atoms with E-state index in [0.717, 1.165) is 0 Å². The highest BCUT2D eigenvalue weighted by molar-refractivity contribution is 9.11. The maximum absolute atomic E-state index is 10.6. The molecule has 0 bridgehead atoms. The van der Waals surface area contributed by atoms with Gasteiger partial charge >= 0.3 is 5.97 Å². The van der Waals surface area contributed by atoms with Crippen LogP contribution in [0.2, 0.25) is 5.02 Å². The fourth-order valence-electron chi connectivity index (χ4n) is 0.712. The van der Waals surface area contributed by atoms with Crippen molar-refractivity contribution in [2.45, 2.75) is 0 Å². The maximum Gasteiger partial charge on any atom is 0.336 e. The summed E-state index contributed by atoms with van der Waals surface area (Å²) in [6.45, 7) is 0. The Kier molecular flexibility index (Phi) is 3.15.